The van der Waals surface area contributed by atoms with Gasteiger partial charge in [-0.3, -0.25) is 0 Å². The molecule has 15 heavy (non-hydrogen) atoms. The molecule has 3 atom stereocenters. The van der Waals surface area contributed by atoms with Gasteiger partial charge in [-0.25, -0.2) is 0 Å². The molecule has 2 aliphatic rings. The summed E-state index contributed by atoms with van der Waals surface area (Å²) >= 11 is 6.37. The van der Waals surface area contributed by atoms with E-state index in [2.05, 4.69) is 13.8 Å². The molecule has 0 aromatic carbocycles. The van der Waals surface area contributed by atoms with Gasteiger partial charge in [-0.05, 0) is 68.6 Å². The Hall–Kier alpha value is 0.290. The van der Waals surface area contributed by atoms with E-state index in [4.69, 9.17) is 11.6 Å². The van der Waals surface area contributed by atoms with Crippen molar-refractivity contribution >= 4 is 11.6 Å². The maximum absolute atomic E-state index is 6.37. The van der Waals surface area contributed by atoms with Gasteiger partial charge in [-0.1, -0.05) is 13.8 Å². The van der Waals surface area contributed by atoms with Crippen LogP contribution in [0.1, 0.15) is 58.8 Å². The van der Waals surface area contributed by atoms with Crippen molar-refractivity contribution in [2.24, 2.45) is 23.7 Å². The van der Waals surface area contributed by atoms with E-state index in [9.17, 15) is 0 Å². The first-order valence-electron chi connectivity index (χ1n) is 6.79. The highest BCUT2D eigenvalue weighted by Crippen LogP contribution is 2.40. The molecule has 88 valence electrons. The zero-order valence-corrected chi connectivity index (χ0v) is 11.0. The predicted molar refractivity (Wildman–Crippen MR) is 67.3 cm³/mol. The standard InChI is InChI=1S/C14H25Cl/c1-10-7-11(2)9-12(8-10)3-6-14(15)13-4-5-13/h10-14H,3-9H2,1-2H3. The lowest BCUT2D eigenvalue weighted by molar-refractivity contribution is 0.206. The molecular weight excluding hydrogens is 204 g/mol. The molecule has 0 aromatic heterocycles. The zero-order chi connectivity index (χ0) is 10.8. The summed E-state index contributed by atoms with van der Waals surface area (Å²) < 4.78 is 0. The Kier molecular flexibility index (Phi) is 3.98. The van der Waals surface area contributed by atoms with Crippen LogP contribution in [0.5, 0.6) is 0 Å². The van der Waals surface area contributed by atoms with Gasteiger partial charge in [-0.15, -0.1) is 11.6 Å². The molecule has 0 amide bonds. The SMILES string of the molecule is CC1CC(C)CC(CCC(Cl)C2CC2)C1. The van der Waals surface area contributed by atoms with E-state index in [-0.39, 0.29) is 0 Å². The van der Waals surface area contributed by atoms with E-state index in [0.29, 0.717) is 5.38 Å². The summed E-state index contributed by atoms with van der Waals surface area (Å²) in [5.74, 6) is 3.76. The second-order valence-electron chi connectivity index (χ2n) is 6.21. The third-order valence-electron chi connectivity index (χ3n) is 4.26. The maximum Gasteiger partial charge on any atom is 0.0364 e. The van der Waals surface area contributed by atoms with Crippen LogP contribution in [0.3, 0.4) is 0 Å². The van der Waals surface area contributed by atoms with Crippen LogP contribution in [0.4, 0.5) is 0 Å². The van der Waals surface area contributed by atoms with E-state index in [1.54, 1.807) is 0 Å². The minimum atomic E-state index is 0.498. The van der Waals surface area contributed by atoms with Crippen LogP contribution in [0, 0.1) is 23.7 Å². The van der Waals surface area contributed by atoms with E-state index in [1.807, 2.05) is 0 Å². The average Bonchev–Trinajstić information content (AvgIpc) is 2.95. The van der Waals surface area contributed by atoms with E-state index in [1.165, 1.54) is 44.9 Å². The molecule has 2 fully saturated rings. The molecule has 0 heterocycles. The molecule has 2 saturated carbocycles. The Morgan fingerprint density at radius 1 is 1.07 bits per heavy atom. The summed E-state index contributed by atoms with van der Waals surface area (Å²) in [5.41, 5.74) is 0. The topological polar surface area (TPSA) is 0 Å². The highest BCUT2D eigenvalue weighted by Gasteiger charge is 2.31. The van der Waals surface area contributed by atoms with Gasteiger partial charge in [-0.2, -0.15) is 0 Å². The number of alkyl halides is 1. The fourth-order valence-electron chi connectivity index (χ4n) is 3.44. The van der Waals surface area contributed by atoms with Crippen molar-refractivity contribution in [3.8, 4) is 0 Å². The molecule has 0 aromatic rings. The van der Waals surface area contributed by atoms with Crippen LogP contribution in [-0.4, -0.2) is 5.38 Å². The molecule has 0 saturated heterocycles. The van der Waals surface area contributed by atoms with E-state index in [0.717, 1.165) is 23.7 Å². The Labute approximate surface area is 99.8 Å². The molecule has 2 aliphatic carbocycles. The van der Waals surface area contributed by atoms with Crippen molar-refractivity contribution in [1.82, 2.24) is 0 Å². The fourth-order valence-corrected chi connectivity index (χ4v) is 3.82. The first-order valence-corrected chi connectivity index (χ1v) is 7.23. The second-order valence-corrected chi connectivity index (χ2v) is 6.77. The van der Waals surface area contributed by atoms with Crippen molar-refractivity contribution in [3.63, 3.8) is 0 Å². The maximum atomic E-state index is 6.37. The first-order chi connectivity index (χ1) is 7.15. The van der Waals surface area contributed by atoms with Gasteiger partial charge in [0.05, 0.1) is 0 Å². The predicted octanol–water partition coefficient (Wildman–Crippen LogP) is 4.86. The molecule has 2 rings (SSSR count). The van der Waals surface area contributed by atoms with Crippen molar-refractivity contribution in [1.29, 1.82) is 0 Å². The van der Waals surface area contributed by atoms with Crippen LogP contribution < -0.4 is 0 Å². The summed E-state index contributed by atoms with van der Waals surface area (Å²) in [5, 5.41) is 0.498. The van der Waals surface area contributed by atoms with Crippen LogP contribution in [-0.2, 0) is 0 Å². The normalized spacial score (nSPS) is 39.0. The summed E-state index contributed by atoms with van der Waals surface area (Å²) in [7, 11) is 0. The van der Waals surface area contributed by atoms with Crippen molar-refractivity contribution in [3.05, 3.63) is 0 Å². The van der Waals surface area contributed by atoms with Crippen LogP contribution in [0.25, 0.3) is 0 Å². The molecule has 0 spiro atoms. The lowest BCUT2D eigenvalue weighted by atomic mass is 9.75. The van der Waals surface area contributed by atoms with Gasteiger partial charge in [0.25, 0.3) is 0 Å². The summed E-state index contributed by atoms with van der Waals surface area (Å²) in [6.07, 6.45) is 9.81. The van der Waals surface area contributed by atoms with E-state index < -0.39 is 0 Å². The lowest BCUT2D eigenvalue weighted by Crippen LogP contribution is -2.20. The summed E-state index contributed by atoms with van der Waals surface area (Å²) in [6.45, 7) is 4.84. The molecule has 0 N–H and O–H groups in total. The molecule has 0 bridgehead atoms. The Morgan fingerprint density at radius 3 is 2.20 bits per heavy atom. The first kappa shape index (κ1) is 11.8. The Bertz CT molecular complexity index is 188. The van der Waals surface area contributed by atoms with Crippen LogP contribution >= 0.6 is 11.6 Å². The highest BCUT2D eigenvalue weighted by molar-refractivity contribution is 6.20. The minimum Gasteiger partial charge on any atom is -0.123 e. The number of halogens is 1. The van der Waals surface area contributed by atoms with Crippen molar-refractivity contribution in [2.75, 3.05) is 0 Å². The molecule has 0 aliphatic heterocycles. The molecule has 3 unspecified atom stereocenters. The minimum absolute atomic E-state index is 0.498. The number of hydrogen-bond donors (Lipinski definition) is 0. The van der Waals surface area contributed by atoms with Gasteiger partial charge in [0.15, 0.2) is 0 Å². The van der Waals surface area contributed by atoms with Gasteiger partial charge in [0.2, 0.25) is 0 Å². The third-order valence-corrected chi connectivity index (χ3v) is 4.83. The van der Waals surface area contributed by atoms with Crippen molar-refractivity contribution in [2.45, 2.75) is 64.2 Å². The molecular formula is C14H25Cl. The number of hydrogen-bond acceptors (Lipinski definition) is 0. The average molecular weight is 229 g/mol. The van der Waals surface area contributed by atoms with E-state index >= 15 is 0 Å². The monoisotopic (exact) mass is 228 g/mol. The largest absolute Gasteiger partial charge is 0.123 e. The molecule has 1 heteroatoms. The quantitative estimate of drug-likeness (QED) is 0.603. The molecule has 0 nitrogen and oxygen atoms in total. The van der Waals surface area contributed by atoms with Crippen LogP contribution in [0.2, 0.25) is 0 Å². The van der Waals surface area contributed by atoms with Crippen LogP contribution in [0.15, 0.2) is 0 Å². The lowest BCUT2D eigenvalue weighted by Gasteiger charge is -2.31. The number of rotatable bonds is 4. The Morgan fingerprint density at radius 2 is 1.67 bits per heavy atom. The second kappa shape index (κ2) is 5.08. The third kappa shape index (κ3) is 3.66. The van der Waals surface area contributed by atoms with Gasteiger partial charge in [0.1, 0.15) is 0 Å². The summed E-state index contributed by atoms with van der Waals surface area (Å²) in [6, 6.07) is 0. The van der Waals surface area contributed by atoms with Crippen molar-refractivity contribution < 1.29 is 0 Å². The molecule has 0 radical (unpaired) electrons. The Balaban J connectivity index is 1.68. The van der Waals surface area contributed by atoms with Gasteiger partial charge < -0.3 is 0 Å². The fraction of sp³-hybridized carbons (Fsp3) is 1.00. The smallest absolute Gasteiger partial charge is 0.0364 e. The zero-order valence-electron chi connectivity index (χ0n) is 10.2. The van der Waals surface area contributed by atoms with Gasteiger partial charge in [0, 0.05) is 5.38 Å². The summed E-state index contributed by atoms with van der Waals surface area (Å²) in [4.78, 5) is 0. The van der Waals surface area contributed by atoms with Gasteiger partial charge >= 0.3 is 0 Å². The highest BCUT2D eigenvalue weighted by atomic mass is 35.5.